The molecule has 0 saturated carbocycles. The van der Waals surface area contributed by atoms with E-state index in [0.29, 0.717) is 5.92 Å². The number of benzene rings is 1. The van der Waals surface area contributed by atoms with Gasteiger partial charge in [0.2, 0.25) is 0 Å². The number of hydrogen-bond donors (Lipinski definition) is 1. The summed E-state index contributed by atoms with van der Waals surface area (Å²) in [6.07, 6.45) is 4.22. The molecule has 2 rings (SSSR count). The van der Waals surface area contributed by atoms with E-state index in [2.05, 4.69) is 11.9 Å². The Morgan fingerprint density at radius 2 is 1.84 bits per heavy atom. The van der Waals surface area contributed by atoms with E-state index in [9.17, 15) is 9.50 Å². The van der Waals surface area contributed by atoms with E-state index >= 15 is 0 Å². The summed E-state index contributed by atoms with van der Waals surface area (Å²) in [6.45, 7) is 4.14. The summed E-state index contributed by atoms with van der Waals surface area (Å²) in [5, 5.41) is 10.5. The highest BCUT2D eigenvalue weighted by molar-refractivity contribution is 5.22. The van der Waals surface area contributed by atoms with Crippen LogP contribution in [0.2, 0.25) is 0 Å². The fraction of sp³-hybridized carbons (Fsp3) is 0.625. The summed E-state index contributed by atoms with van der Waals surface area (Å²) in [7, 11) is 2.16. The lowest BCUT2D eigenvalue weighted by Crippen LogP contribution is -2.31. The van der Waals surface area contributed by atoms with E-state index in [0.717, 1.165) is 31.5 Å². The van der Waals surface area contributed by atoms with Crippen molar-refractivity contribution in [3.8, 4) is 0 Å². The molecular formula is C16H24FNO. The molecule has 0 aliphatic carbocycles. The largest absolute Gasteiger partial charge is 0.385 e. The highest BCUT2D eigenvalue weighted by Crippen LogP contribution is 2.30. The average molecular weight is 265 g/mol. The molecule has 2 nitrogen and oxygen atoms in total. The monoisotopic (exact) mass is 265 g/mol. The smallest absolute Gasteiger partial charge is 0.123 e. The Kier molecular flexibility index (Phi) is 4.58. The van der Waals surface area contributed by atoms with Gasteiger partial charge < -0.3 is 10.0 Å². The van der Waals surface area contributed by atoms with Crippen LogP contribution >= 0.6 is 0 Å². The third kappa shape index (κ3) is 4.02. The second-order valence-corrected chi connectivity index (χ2v) is 6.07. The fourth-order valence-electron chi connectivity index (χ4n) is 2.79. The zero-order chi connectivity index (χ0) is 13.9. The summed E-state index contributed by atoms with van der Waals surface area (Å²) in [5.74, 6) is 0.456. The molecule has 1 aromatic rings. The van der Waals surface area contributed by atoms with Crippen LogP contribution in [0.25, 0.3) is 0 Å². The quantitative estimate of drug-likeness (QED) is 0.904. The van der Waals surface area contributed by atoms with Crippen LogP contribution in [0.4, 0.5) is 4.39 Å². The van der Waals surface area contributed by atoms with Crippen LogP contribution in [-0.2, 0) is 5.60 Å². The molecule has 19 heavy (non-hydrogen) atoms. The van der Waals surface area contributed by atoms with Crippen LogP contribution in [0.5, 0.6) is 0 Å². The van der Waals surface area contributed by atoms with Crippen molar-refractivity contribution in [2.75, 3.05) is 20.1 Å². The zero-order valence-electron chi connectivity index (χ0n) is 11.9. The maximum absolute atomic E-state index is 12.9. The number of likely N-dealkylation sites (tertiary alicyclic amines) is 1. The van der Waals surface area contributed by atoms with Crippen LogP contribution in [-0.4, -0.2) is 30.1 Å². The van der Waals surface area contributed by atoms with E-state index in [1.165, 1.54) is 25.0 Å². The van der Waals surface area contributed by atoms with E-state index in [1.807, 2.05) is 6.92 Å². The summed E-state index contributed by atoms with van der Waals surface area (Å²) in [4.78, 5) is 2.36. The molecule has 1 unspecified atom stereocenters. The SMILES string of the molecule is CN1CCC(CCC(C)(O)c2ccc(F)cc2)CC1. The van der Waals surface area contributed by atoms with Crippen LogP contribution in [0.3, 0.4) is 0 Å². The van der Waals surface area contributed by atoms with Crippen molar-refractivity contribution < 1.29 is 9.50 Å². The van der Waals surface area contributed by atoms with Gasteiger partial charge in [-0.25, -0.2) is 4.39 Å². The Balaban J connectivity index is 1.88. The van der Waals surface area contributed by atoms with Gasteiger partial charge in [0.1, 0.15) is 5.82 Å². The van der Waals surface area contributed by atoms with E-state index in [1.54, 1.807) is 12.1 Å². The van der Waals surface area contributed by atoms with Gasteiger partial charge in [-0.2, -0.15) is 0 Å². The molecule has 1 aliphatic heterocycles. The van der Waals surface area contributed by atoms with Crippen molar-refractivity contribution in [1.82, 2.24) is 4.90 Å². The van der Waals surface area contributed by atoms with Gasteiger partial charge in [0.25, 0.3) is 0 Å². The predicted molar refractivity (Wildman–Crippen MR) is 75.4 cm³/mol. The molecule has 1 atom stereocenters. The third-order valence-corrected chi connectivity index (χ3v) is 4.34. The third-order valence-electron chi connectivity index (χ3n) is 4.34. The number of nitrogens with zero attached hydrogens (tertiary/aromatic N) is 1. The Labute approximate surface area is 115 Å². The molecule has 1 saturated heterocycles. The van der Waals surface area contributed by atoms with Gasteiger partial charge in [-0.1, -0.05) is 12.1 Å². The van der Waals surface area contributed by atoms with Gasteiger partial charge >= 0.3 is 0 Å². The molecule has 3 heteroatoms. The highest BCUT2D eigenvalue weighted by atomic mass is 19.1. The molecule has 0 bridgehead atoms. The van der Waals surface area contributed by atoms with Crippen molar-refractivity contribution in [3.05, 3.63) is 35.6 Å². The topological polar surface area (TPSA) is 23.5 Å². The van der Waals surface area contributed by atoms with E-state index in [4.69, 9.17) is 0 Å². The number of halogens is 1. The summed E-state index contributed by atoms with van der Waals surface area (Å²) < 4.78 is 12.9. The Hall–Kier alpha value is -0.930. The lowest BCUT2D eigenvalue weighted by atomic mass is 9.84. The first-order valence-electron chi connectivity index (χ1n) is 7.14. The summed E-state index contributed by atoms with van der Waals surface area (Å²) in [6, 6.07) is 6.20. The molecule has 1 heterocycles. The van der Waals surface area contributed by atoms with Gasteiger partial charge in [0, 0.05) is 0 Å². The van der Waals surface area contributed by atoms with Crippen molar-refractivity contribution >= 4 is 0 Å². The van der Waals surface area contributed by atoms with Crippen molar-refractivity contribution in [2.24, 2.45) is 5.92 Å². The normalized spacial score (nSPS) is 21.3. The Morgan fingerprint density at radius 1 is 1.26 bits per heavy atom. The molecule has 0 spiro atoms. The maximum Gasteiger partial charge on any atom is 0.123 e. The predicted octanol–water partition coefficient (Wildman–Crippen LogP) is 3.16. The average Bonchev–Trinajstić information content (AvgIpc) is 2.39. The van der Waals surface area contributed by atoms with Crippen LogP contribution in [0.15, 0.2) is 24.3 Å². The van der Waals surface area contributed by atoms with E-state index in [-0.39, 0.29) is 5.82 Å². The van der Waals surface area contributed by atoms with Gasteiger partial charge in [-0.15, -0.1) is 0 Å². The first-order chi connectivity index (χ1) is 8.97. The lowest BCUT2D eigenvalue weighted by molar-refractivity contribution is 0.0369. The number of rotatable bonds is 4. The second kappa shape index (κ2) is 6.02. The standard InChI is InChI=1S/C16H24FNO/c1-16(19,14-3-5-15(17)6-4-14)10-7-13-8-11-18(2)12-9-13/h3-6,13,19H,7-12H2,1-2H3. The molecule has 1 N–H and O–H groups in total. The second-order valence-electron chi connectivity index (χ2n) is 6.07. The molecule has 1 aromatic carbocycles. The zero-order valence-corrected chi connectivity index (χ0v) is 11.9. The number of piperidine rings is 1. The molecular weight excluding hydrogens is 241 g/mol. The lowest BCUT2D eigenvalue weighted by Gasteiger charge is -2.31. The highest BCUT2D eigenvalue weighted by Gasteiger charge is 2.25. The minimum atomic E-state index is -0.850. The van der Waals surface area contributed by atoms with Crippen LogP contribution < -0.4 is 0 Å². The molecule has 106 valence electrons. The van der Waals surface area contributed by atoms with Gasteiger partial charge in [0.15, 0.2) is 0 Å². The Bertz CT molecular complexity index is 394. The first kappa shape index (κ1) is 14.5. The summed E-state index contributed by atoms with van der Waals surface area (Å²) in [5.41, 5.74) is -0.0429. The first-order valence-corrected chi connectivity index (χ1v) is 7.14. The van der Waals surface area contributed by atoms with Crippen LogP contribution in [0, 0.1) is 11.7 Å². The molecule has 0 amide bonds. The Morgan fingerprint density at radius 3 is 2.42 bits per heavy atom. The molecule has 0 aromatic heterocycles. The minimum Gasteiger partial charge on any atom is -0.385 e. The van der Waals surface area contributed by atoms with Gasteiger partial charge in [0.05, 0.1) is 5.60 Å². The molecule has 1 aliphatic rings. The van der Waals surface area contributed by atoms with Gasteiger partial charge in [-0.3, -0.25) is 0 Å². The molecule has 0 radical (unpaired) electrons. The molecule has 1 fully saturated rings. The minimum absolute atomic E-state index is 0.255. The maximum atomic E-state index is 12.9. The van der Waals surface area contributed by atoms with E-state index < -0.39 is 5.60 Å². The van der Waals surface area contributed by atoms with Crippen molar-refractivity contribution in [3.63, 3.8) is 0 Å². The van der Waals surface area contributed by atoms with Gasteiger partial charge in [-0.05, 0) is 76.4 Å². The van der Waals surface area contributed by atoms with Crippen LogP contribution in [0.1, 0.15) is 38.2 Å². The summed E-state index contributed by atoms with van der Waals surface area (Å²) >= 11 is 0. The van der Waals surface area contributed by atoms with Crippen molar-refractivity contribution in [2.45, 2.75) is 38.2 Å². The van der Waals surface area contributed by atoms with Crippen molar-refractivity contribution in [1.29, 1.82) is 0 Å². The number of hydrogen-bond acceptors (Lipinski definition) is 2. The fourth-order valence-corrected chi connectivity index (χ4v) is 2.79. The number of aliphatic hydroxyl groups is 1.